The highest BCUT2D eigenvalue weighted by atomic mass is 16.5. The summed E-state index contributed by atoms with van der Waals surface area (Å²) in [4.78, 5) is 37.0. The smallest absolute Gasteiger partial charge is 0.349 e. The topological polar surface area (TPSA) is 84.5 Å². The lowest BCUT2D eigenvalue weighted by molar-refractivity contribution is -0.146. The van der Waals surface area contributed by atoms with Crippen molar-refractivity contribution in [2.24, 2.45) is 0 Å². The monoisotopic (exact) mass is 354 g/mol. The Morgan fingerprint density at radius 3 is 1.73 bits per heavy atom. The second-order valence-electron chi connectivity index (χ2n) is 5.63. The quantitative estimate of drug-likeness (QED) is 0.433. The van der Waals surface area contributed by atoms with Crippen molar-refractivity contribution in [3.63, 3.8) is 0 Å². The zero-order valence-electron chi connectivity index (χ0n) is 14.6. The van der Waals surface area contributed by atoms with Crippen LogP contribution in [0.2, 0.25) is 0 Å². The second kappa shape index (κ2) is 9.98. The minimum atomic E-state index is -1.27. The molecule has 2 aromatic carbocycles. The van der Waals surface area contributed by atoms with Crippen molar-refractivity contribution in [2.75, 3.05) is 6.61 Å². The number of esters is 1. The number of benzene rings is 2. The largest absolute Gasteiger partial charge is 0.463 e. The highest BCUT2D eigenvalue weighted by molar-refractivity contribution is 6.00. The van der Waals surface area contributed by atoms with Gasteiger partial charge in [0.1, 0.15) is 0 Å². The van der Waals surface area contributed by atoms with Gasteiger partial charge in [0.15, 0.2) is 0 Å². The summed E-state index contributed by atoms with van der Waals surface area (Å²) in [6.45, 7) is 2.20. The lowest BCUT2D eigenvalue weighted by Crippen LogP contribution is -2.53. The summed E-state index contributed by atoms with van der Waals surface area (Å²) in [6.07, 6.45) is 0.301. The van der Waals surface area contributed by atoms with E-state index in [1.807, 2.05) is 6.92 Å². The fourth-order valence-electron chi connectivity index (χ4n) is 2.16. The molecule has 2 amide bonds. The van der Waals surface area contributed by atoms with Gasteiger partial charge in [-0.15, -0.1) is 0 Å². The second-order valence-corrected chi connectivity index (χ2v) is 5.63. The van der Waals surface area contributed by atoms with Gasteiger partial charge in [0.2, 0.25) is 6.17 Å². The molecule has 0 fully saturated rings. The molecule has 0 heterocycles. The zero-order valence-corrected chi connectivity index (χ0v) is 14.6. The highest BCUT2D eigenvalue weighted by Crippen LogP contribution is 2.02. The standard InChI is InChI=1S/C20H22N2O4/c1-2-3-14-26-20(25)17(21-18(23)15-10-6-4-7-11-15)22-19(24)16-12-8-5-9-13-16/h4-13,17H,2-3,14H2,1H3,(H,21,23)(H,22,24). The molecule has 0 spiro atoms. The zero-order chi connectivity index (χ0) is 18.8. The number of carbonyl (C=O) groups excluding carboxylic acids is 3. The van der Waals surface area contributed by atoms with Crippen LogP contribution < -0.4 is 10.6 Å². The maximum atomic E-state index is 12.3. The molecule has 6 nitrogen and oxygen atoms in total. The van der Waals surface area contributed by atoms with Crippen molar-refractivity contribution < 1.29 is 19.1 Å². The van der Waals surface area contributed by atoms with Crippen molar-refractivity contribution in [3.8, 4) is 0 Å². The minimum Gasteiger partial charge on any atom is -0.463 e. The molecule has 0 aromatic heterocycles. The fraction of sp³-hybridized carbons (Fsp3) is 0.250. The summed E-state index contributed by atoms with van der Waals surface area (Å²) < 4.78 is 5.15. The van der Waals surface area contributed by atoms with Gasteiger partial charge in [-0.25, -0.2) is 4.79 Å². The van der Waals surface area contributed by atoms with Crippen LogP contribution in [0.3, 0.4) is 0 Å². The van der Waals surface area contributed by atoms with E-state index in [4.69, 9.17) is 4.74 Å². The molecule has 26 heavy (non-hydrogen) atoms. The molecule has 2 aromatic rings. The van der Waals surface area contributed by atoms with E-state index in [9.17, 15) is 14.4 Å². The average molecular weight is 354 g/mol. The Hall–Kier alpha value is -3.15. The molecule has 0 atom stereocenters. The van der Waals surface area contributed by atoms with E-state index in [0.29, 0.717) is 17.5 Å². The van der Waals surface area contributed by atoms with E-state index in [-0.39, 0.29) is 6.61 Å². The number of amides is 2. The number of nitrogens with one attached hydrogen (secondary N) is 2. The molecule has 0 aliphatic carbocycles. The lowest BCUT2D eigenvalue weighted by atomic mass is 10.2. The van der Waals surface area contributed by atoms with E-state index in [1.54, 1.807) is 60.7 Å². The number of rotatable bonds is 8. The summed E-state index contributed by atoms with van der Waals surface area (Å²) in [5.41, 5.74) is 0.764. The normalized spacial score (nSPS) is 10.2. The maximum absolute atomic E-state index is 12.3. The molecule has 0 bridgehead atoms. The van der Waals surface area contributed by atoms with Gasteiger partial charge in [-0.3, -0.25) is 9.59 Å². The molecule has 0 aliphatic rings. The third kappa shape index (κ3) is 5.73. The summed E-state index contributed by atoms with van der Waals surface area (Å²) in [5, 5.41) is 5.03. The van der Waals surface area contributed by atoms with Gasteiger partial charge in [0.25, 0.3) is 11.8 Å². The summed E-state index contributed by atoms with van der Waals surface area (Å²) in [7, 11) is 0. The number of ether oxygens (including phenoxy) is 1. The van der Waals surface area contributed by atoms with Gasteiger partial charge >= 0.3 is 5.97 Å². The lowest BCUT2D eigenvalue weighted by Gasteiger charge is -2.19. The Bertz CT molecular complexity index is 678. The van der Waals surface area contributed by atoms with Gasteiger partial charge < -0.3 is 15.4 Å². The van der Waals surface area contributed by atoms with Crippen LogP contribution in [0.4, 0.5) is 0 Å². The van der Waals surface area contributed by atoms with Gasteiger partial charge in [0, 0.05) is 11.1 Å². The first-order valence-corrected chi connectivity index (χ1v) is 8.50. The van der Waals surface area contributed by atoms with Crippen LogP contribution in [0.25, 0.3) is 0 Å². The molecule has 0 radical (unpaired) electrons. The molecule has 0 saturated heterocycles. The SMILES string of the molecule is CCCCOC(=O)C(NC(=O)c1ccccc1)NC(=O)c1ccccc1. The van der Waals surface area contributed by atoms with E-state index in [2.05, 4.69) is 10.6 Å². The highest BCUT2D eigenvalue weighted by Gasteiger charge is 2.25. The molecule has 0 aliphatic heterocycles. The molecule has 2 N–H and O–H groups in total. The Labute approximate surface area is 152 Å². The molecular formula is C20H22N2O4. The van der Waals surface area contributed by atoms with Gasteiger partial charge in [-0.05, 0) is 30.7 Å². The Morgan fingerprint density at radius 1 is 0.846 bits per heavy atom. The van der Waals surface area contributed by atoms with Crippen molar-refractivity contribution in [3.05, 3.63) is 71.8 Å². The van der Waals surface area contributed by atoms with Crippen LogP contribution in [-0.2, 0) is 9.53 Å². The van der Waals surface area contributed by atoms with Gasteiger partial charge in [-0.1, -0.05) is 49.7 Å². The van der Waals surface area contributed by atoms with E-state index in [0.717, 1.165) is 6.42 Å². The minimum absolute atomic E-state index is 0.230. The third-order valence-electron chi connectivity index (χ3n) is 3.60. The first kappa shape index (κ1) is 19.2. The van der Waals surface area contributed by atoms with E-state index in [1.165, 1.54) is 0 Å². The Morgan fingerprint density at radius 2 is 1.31 bits per heavy atom. The summed E-state index contributed by atoms with van der Waals surface area (Å²) in [5.74, 6) is -1.65. The predicted octanol–water partition coefficient (Wildman–Crippen LogP) is 2.52. The molecule has 2 rings (SSSR count). The number of carbonyl (C=O) groups is 3. The molecular weight excluding hydrogens is 332 g/mol. The molecule has 136 valence electrons. The molecule has 0 saturated carbocycles. The number of hydrogen-bond donors (Lipinski definition) is 2. The van der Waals surface area contributed by atoms with Gasteiger partial charge in [-0.2, -0.15) is 0 Å². The third-order valence-corrected chi connectivity index (χ3v) is 3.60. The van der Waals surface area contributed by atoms with Crippen molar-refractivity contribution in [1.29, 1.82) is 0 Å². The first-order chi connectivity index (χ1) is 12.6. The molecule has 6 heteroatoms. The van der Waals surface area contributed by atoms with E-state index < -0.39 is 23.9 Å². The number of unbranched alkanes of at least 4 members (excludes halogenated alkanes) is 1. The van der Waals surface area contributed by atoms with Crippen molar-refractivity contribution >= 4 is 17.8 Å². The Kier molecular flexibility index (Phi) is 7.36. The molecule has 0 unspecified atom stereocenters. The number of hydrogen-bond acceptors (Lipinski definition) is 4. The maximum Gasteiger partial charge on any atom is 0.349 e. The first-order valence-electron chi connectivity index (χ1n) is 8.50. The summed E-state index contributed by atoms with van der Waals surface area (Å²) >= 11 is 0. The summed E-state index contributed by atoms with van der Waals surface area (Å²) in [6, 6.07) is 16.9. The van der Waals surface area contributed by atoms with Crippen LogP contribution in [0.1, 0.15) is 40.5 Å². The van der Waals surface area contributed by atoms with Crippen LogP contribution in [0, 0.1) is 0 Å². The van der Waals surface area contributed by atoms with Crippen LogP contribution in [-0.4, -0.2) is 30.6 Å². The van der Waals surface area contributed by atoms with E-state index >= 15 is 0 Å². The Balaban J connectivity index is 2.09. The van der Waals surface area contributed by atoms with Crippen LogP contribution in [0.5, 0.6) is 0 Å². The van der Waals surface area contributed by atoms with Crippen molar-refractivity contribution in [2.45, 2.75) is 25.9 Å². The van der Waals surface area contributed by atoms with Crippen molar-refractivity contribution in [1.82, 2.24) is 10.6 Å². The fourth-order valence-corrected chi connectivity index (χ4v) is 2.16. The average Bonchev–Trinajstić information content (AvgIpc) is 2.68. The van der Waals surface area contributed by atoms with Gasteiger partial charge in [0.05, 0.1) is 6.61 Å². The van der Waals surface area contributed by atoms with Crippen LogP contribution >= 0.6 is 0 Å². The predicted molar refractivity (Wildman–Crippen MR) is 97.5 cm³/mol. The van der Waals surface area contributed by atoms with Crippen LogP contribution in [0.15, 0.2) is 60.7 Å².